The molecule has 0 N–H and O–H groups in total. The smallest absolute Gasteiger partial charge is 0.0516 e. The summed E-state index contributed by atoms with van der Waals surface area (Å²) in [6, 6.07) is 29.3. The maximum Gasteiger partial charge on any atom is 0.0516 e. The summed E-state index contributed by atoms with van der Waals surface area (Å²) in [4.78, 5) is 0. The largest absolute Gasteiger partial charge is 0.166 e. The Labute approximate surface area is 143 Å². The minimum Gasteiger partial charge on any atom is -0.166 e. The third kappa shape index (κ3) is 3.40. The van der Waals surface area contributed by atoms with Gasteiger partial charge in [-0.3, -0.25) is 0 Å². The zero-order valence-electron chi connectivity index (χ0n) is 12.1. The molecule has 0 aromatic heterocycles. The van der Waals surface area contributed by atoms with Gasteiger partial charge in [-0.15, -0.1) is 0 Å². The van der Waals surface area contributed by atoms with Crippen LogP contribution < -0.4 is 0 Å². The molecule has 3 aromatic rings. The molecular weight excluding hydrogens is 304 g/mol. The zero-order valence-corrected chi connectivity index (χ0v) is 13.9. The van der Waals surface area contributed by atoms with Crippen molar-refractivity contribution in [3.8, 4) is 0 Å². The predicted octanol–water partition coefficient (Wildman–Crippen LogP) is 5.73. The van der Waals surface area contributed by atoms with E-state index in [1.54, 1.807) is 0 Å². The molecule has 2 atom stereocenters. The average molecular weight is 322 g/mol. The number of hydrogen-bond acceptors (Lipinski definition) is 2. The van der Waals surface area contributed by atoms with Gasteiger partial charge in [0.25, 0.3) is 0 Å². The van der Waals surface area contributed by atoms with Crippen LogP contribution in [-0.4, -0.2) is 0 Å². The van der Waals surface area contributed by atoms with E-state index in [1.807, 2.05) is 36.4 Å². The first-order valence-corrected chi connectivity index (χ1v) is 8.35. The standard InChI is InChI=1S/C20H18S2/c21-19(15-7-3-1-4-8-15)17-11-13-18(14-12-17)20(22)16-9-5-2-6-10-16/h1-14,19-22H. The van der Waals surface area contributed by atoms with Crippen molar-refractivity contribution < 1.29 is 0 Å². The van der Waals surface area contributed by atoms with Gasteiger partial charge in [0.05, 0.1) is 10.5 Å². The summed E-state index contributed by atoms with van der Waals surface area (Å²) in [7, 11) is 0. The molecule has 2 unspecified atom stereocenters. The lowest BCUT2D eigenvalue weighted by atomic mass is 9.99. The minimum atomic E-state index is 0.102. The molecule has 0 saturated heterocycles. The monoisotopic (exact) mass is 322 g/mol. The Kier molecular flexibility index (Phi) is 4.91. The Hall–Kier alpha value is -1.64. The Balaban J connectivity index is 1.81. The number of hydrogen-bond donors (Lipinski definition) is 2. The molecule has 22 heavy (non-hydrogen) atoms. The molecule has 0 radical (unpaired) electrons. The van der Waals surface area contributed by atoms with E-state index in [-0.39, 0.29) is 10.5 Å². The Morgan fingerprint density at radius 3 is 1.00 bits per heavy atom. The van der Waals surface area contributed by atoms with Crippen molar-refractivity contribution >= 4 is 25.3 Å². The van der Waals surface area contributed by atoms with Gasteiger partial charge in [0.2, 0.25) is 0 Å². The van der Waals surface area contributed by atoms with Gasteiger partial charge < -0.3 is 0 Å². The topological polar surface area (TPSA) is 0 Å². The van der Waals surface area contributed by atoms with Gasteiger partial charge in [0, 0.05) is 0 Å². The second-order valence-electron chi connectivity index (χ2n) is 5.29. The lowest BCUT2D eigenvalue weighted by molar-refractivity contribution is 1.13. The lowest BCUT2D eigenvalue weighted by Gasteiger charge is -2.15. The zero-order chi connectivity index (χ0) is 15.4. The Bertz CT molecular complexity index is 641. The van der Waals surface area contributed by atoms with Gasteiger partial charge in [-0.05, 0) is 22.3 Å². The molecule has 0 spiro atoms. The van der Waals surface area contributed by atoms with E-state index < -0.39 is 0 Å². The third-order valence-corrected chi connectivity index (χ3v) is 4.99. The average Bonchev–Trinajstić information content (AvgIpc) is 2.62. The van der Waals surface area contributed by atoms with E-state index in [0.29, 0.717) is 0 Å². The second-order valence-corrected chi connectivity index (χ2v) is 6.33. The van der Waals surface area contributed by atoms with Gasteiger partial charge in [-0.25, -0.2) is 0 Å². The van der Waals surface area contributed by atoms with Crippen LogP contribution in [0.25, 0.3) is 0 Å². The Morgan fingerprint density at radius 1 is 0.409 bits per heavy atom. The van der Waals surface area contributed by atoms with Gasteiger partial charge in [0.15, 0.2) is 0 Å². The summed E-state index contributed by atoms with van der Waals surface area (Å²) < 4.78 is 0. The maximum absolute atomic E-state index is 4.75. The molecule has 0 aliphatic rings. The molecular formula is C20H18S2. The van der Waals surface area contributed by atoms with Crippen LogP contribution in [0.15, 0.2) is 84.9 Å². The fraction of sp³-hybridized carbons (Fsp3) is 0.100. The SMILES string of the molecule is SC(c1ccccc1)c1ccc(C(S)c2ccccc2)cc1. The van der Waals surface area contributed by atoms with Crippen molar-refractivity contribution in [3.63, 3.8) is 0 Å². The van der Waals surface area contributed by atoms with E-state index in [0.717, 1.165) is 0 Å². The summed E-state index contributed by atoms with van der Waals surface area (Å²) in [6.45, 7) is 0. The van der Waals surface area contributed by atoms with Gasteiger partial charge in [-0.1, -0.05) is 84.9 Å². The molecule has 3 rings (SSSR count). The molecule has 0 amide bonds. The van der Waals surface area contributed by atoms with Crippen LogP contribution in [0.3, 0.4) is 0 Å². The molecule has 0 bridgehead atoms. The second kappa shape index (κ2) is 7.08. The van der Waals surface area contributed by atoms with Gasteiger partial charge in [0.1, 0.15) is 0 Å². The summed E-state index contributed by atoms with van der Waals surface area (Å²) in [5, 5.41) is 0.204. The first kappa shape index (κ1) is 15.3. The van der Waals surface area contributed by atoms with Crippen LogP contribution in [-0.2, 0) is 0 Å². The summed E-state index contributed by atoms with van der Waals surface area (Å²) in [6.07, 6.45) is 0. The molecule has 0 aliphatic carbocycles. The molecule has 3 aromatic carbocycles. The number of thiol groups is 2. The van der Waals surface area contributed by atoms with Gasteiger partial charge in [-0.2, -0.15) is 25.3 Å². The van der Waals surface area contributed by atoms with Crippen molar-refractivity contribution in [2.24, 2.45) is 0 Å². The third-order valence-electron chi connectivity index (χ3n) is 3.80. The Morgan fingerprint density at radius 2 is 0.682 bits per heavy atom. The van der Waals surface area contributed by atoms with E-state index in [4.69, 9.17) is 25.3 Å². The molecule has 0 aliphatic heterocycles. The summed E-state index contributed by atoms with van der Waals surface area (Å²) >= 11 is 9.49. The van der Waals surface area contributed by atoms with Crippen LogP contribution in [0.5, 0.6) is 0 Å². The van der Waals surface area contributed by atoms with Crippen molar-refractivity contribution in [2.75, 3.05) is 0 Å². The highest BCUT2D eigenvalue weighted by Gasteiger charge is 2.12. The van der Waals surface area contributed by atoms with E-state index in [9.17, 15) is 0 Å². The predicted molar refractivity (Wildman–Crippen MR) is 101 cm³/mol. The maximum atomic E-state index is 4.75. The molecule has 0 heterocycles. The van der Waals surface area contributed by atoms with E-state index >= 15 is 0 Å². The molecule has 0 fully saturated rings. The summed E-state index contributed by atoms with van der Waals surface area (Å²) in [5.74, 6) is 0. The quantitative estimate of drug-likeness (QED) is 0.563. The first-order chi connectivity index (χ1) is 10.8. The van der Waals surface area contributed by atoms with Crippen LogP contribution in [0.2, 0.25) is 0 Å². The fourth-order valence-corrected chi connectivity index (χ4v) is 3.20. The van der Waals surface area contributed by atoms with Crippen molar-refractivity contribution in [2.45, 2.75) is 10.5 Å². The lowest BCUT2D eigenvalue weighted by Crippen LogP contribution is -1.96. The highest BCUT2D eigenvalue weighted by molar-refractivity contribution is 7.81. The molecule has 0 saturated carbocycles. The number of benzene rings is 3. The summed E-state index contributed by atoms with van der Waals surface area (Å²) in [5.41, 5.74) is 4.83. The first-order valence-electron chi connectivity index (χ1n) is 7.31. The van der Waals surface area contributed by atoms with E-state index in [1.165, 1.54) is 22.3 Å². The molecule has 0 nitrogen and oxygen atoms in total. The minimum absolute atomic E-state index is 0.102. The van der Waals surface area contributed by atoms with Crippen LogP contribution in [0.4, 0.5) is 0 Å². The van der Waals surface area contributed by atoms with Crippen molar-refractivity contribution in [1.29, 1.82) is 0 Å². The number of rotatable bonds is 4. The van der Waals surface area contributed by atoms with Gasteiger partial charge >= 0.3 is 0 Å². The normalized spacial score (nSPS) is 13.5. The van der Waals surface area contributed by atoms with Crippen LogP contribution in [0, 0.1) is 0 Å². The van der Waals surface area contributed by atoms with Crippen molar-refractivity contribution in [3.05, 3.63) is 107 Å². The van der Waals surface area contributed by atoms with Crippen LogP contribution in [0.1, 0.15) is 32.8 Å². The molecule has 2 heteroatoms. The van der Waals surface area contributed by atoms with Crippen molar-refractivity contribution in [1.82, 2.24) is 0 Å². The van der Waals surface area contributed by atoms with E-state index in [2.05, 4.69) is 48.5 Å². The fourth-order valence-electron chi connectivity index (χ4n) is 2.52. The highest BCUT2D eigenvalue weighted by atomic mass is 32.1. The highest BCUT2D eigenvalue weighted by Crippen LogP contribution is 2.32. The van der Waals surface area contributed by atoms with Crippen LogP contribution >= 0.6 is 25.3 Å². The molecule has 110 valence electrons.